The molecule has 0 bridgehead atoms. The first-order chi connectivity index (χ1) is 14.7. The third kappa shape index (κ3) is 4.65. The molecule has 2 heterocycles. The number of rotatable bonds is 6. The van der Waals surface area contributed by atoms with Crippen molar-refractivity contribution in [3.05, 3.63) is 17.7 Å². The number of hydrogen-bond donors (Lipinski definition) is 4. The van der Waals surface area contributed by atoms with Gasteiger partial charge in [-0.05, 0) is 54.5 Å². The zero-order valence-corrected chi connectivity index (χ0v) is 18.8. The average molecular weight is 470 g/mol. The van der Waals surface area contributed by atoms with E-state index in [-0.39, 0.29) is 23.3 Å². The highest BCUT2D eigenvalue weighted by Gasteiger charge is 2.35. The van der Waals surface area contributed by atoms with E-state index in [1.807, 2.05) is 0 Å². The van der Waals surface area contributed by atoms with Crippen molar-refractivity contribution >= 4 is 20.0 Å². The normalized spacial score (nSPS) is 25.0. The minimum atomic E-state index is -4.44. The topological polar surface area (TPSA) is 173 Å². The van der Waals surface area contributed by atoms with E-state index >= 15 is 0 Å². The van der Waals surface area contributed by atoms with Gasteiger partial charge in [-0.15, -0.1) is 10.2 Å². The molecule has 13 heteroatoms. The van der Waals surface area contributed by atoms with Gasteiger partial charge < -0.3 is 5.32 Å². The zero-order valence-electron chi connectivity index (χ0n) is 17.2. The number of sulfonamides is 2. The van der Waals surface area contributed by atoms with Gasteiger partial charge in [0.05, 0.1) is 0 Å². The van der Waals surface area contributed by atoms with Crippen LogP contribution in [0.5, 0.6) is 0 Å². The molecule has 0 spiro atoms. The second-order valence-electron chi connectivity index (χ2n) is 8.42. The molecule has 1 aliphatic carbocycles. The van der Waals surface area contributed by atoms with Crippen LogP contribution in [0.25, 0.3) is 11.4 Å². The molecule has 2 fully saturated rings. The lowest BCUT2D eigenvalue weighted by Crippen LogP contribution is -2.37. The predicted molar refractivity (Wildman–Crippen MR) is 113 cm³/mol. The van der Waals surface area contributed by atoms with Crippen LogP contribution in [0.4, 0.5) is 0 Å². The first-order valence-corrected chi connectivity index (χ1v) is 13.4. The molecular weight excluding hydrogens is 442 g/mol. The Morgan fingerprint density at radius 1 is 1.16 bits per heavy atom. The molecule has 2 aromatic rings. The lowest BCUT2D eigenvalue weighted by molar-refractivity contribution is 0.344. The summed E-state index contributed by atoms with van der Waals surface area (Å²) in [7, 11) is -8.60. The fourth-order valence-electron chi connectivity index (χ4n) is 4.67. The molecule has 1 saturated carbocycles. The maximum Gasteiger partial charge on any atom is 0.242 e. The summed E-state index contributed by atoms with van der Waals surface area (Å²) in [6.45, 7) is 3.31. The van der Waals surface area contributed by atoms with E-state index in [1.54, 1.807) is 6.07 Å². The molecule has 0 radical (unpaired) electrons. The van der Waals surface area contributed by atoms with Crippen LogP contribution >= 0.6 is 0 Å². The number of hydrogen-bond acceptors (Lipinski definition) is 8. The van der Waals surface area contributed by atoms with E-state index in [4.69, 9.17) is 5.14 Å². The van der Waals surface area contributed by atoms with Crippen LogP contribution in [0.1, 0.15) is 50.5 Å². The highest BCUT2D eigenvalue weighted by molar-refractivity contribution is 7.92. The Morgan fingerprint density at radius 3 is 2.58 bits per heavy atom. The number of tetrazole rings is 1. The number of nitrogens with one attached hydrogen (secondary N) is 3. The van der Waals surface area contributed by atoms with Crippen LogP contribution in [0.3, 0.4) is 0 Å². The second kappa shape index (κ2) is 8.54. The van der Waals surface area contributed by atoms with Crippen molar-refractivity contribution in [3.8, 4) is 11.4 Å². The van der Waals surface area contributed by atoms with Crippen LogP contribution in [0, 0.1) is 5.92 Å². The maximum atomic E-state index is 13.2. The average Bonchev–Trinajstić information content (AvgIpc) is 3.40. The Hall–Kier alpha value is -1.93. The quantitative estimate of drug-likeness (QED) is 0.472. The molecule has 31 heavy (non-hydrogen) atoms. The summed E-state index contributed by atoms with van der Waals surface area (Å²) in [5, 5.41) is 22.5. The summed E-state index contributed by atoms with van der Waals surface area (Å²) in [5.74, 6) is 0.521. The molecule has 1 aromatic heterocycles. The lowest BCUT2D eigenvalue weighted by Gasteiger charge is -2.29. The number of nitrogens with zero attached hydrogens (tertiary/aromatic N) is 3. The smallest absolute Gasteiger partial charge is 0.242 e. The fourth-order valence-corrected chi connectivity index (χ4v) is 7.55. The maximum absolute atomic E-state index is 13.2. The predicted octanol–water partition coefficient (Wildman–Crippen LogP) is 0.448. The van der Waals surface area contributed by atoms with E-state index in [9.17, 15) is 16.8 Å². The van der Waals surface area contributed by atoms with Gasteiger partial charge in [-0.2, -0.15) is 5.21 Å². The number of primary sulfonamides is 1. The summed E-state index contributed by atoms with van der Waals surface area (Å²) in [6.07, 6.45) is 4.42. The van der Waals surface area contributed by atoms with Crippen LogP contribution in [0.15, 0.2) is 21.9 Å². The molecule has 11 nitrogen and oxygen atoms in total. The Balaban J connectivity index is 1.92. The van der Waals surface area contributed by atoms with Gasteiger partial charge in [0.25, 0.3) is 0 Å². The summed E-state index contributed by atoms with van der Waals surface area (Å²) in [5.41, 5.74) is 0.793. The number of H-pyrrole nitrogens is 1. The van der Waals surface area contributed by atoms with Gasteiger partial charge in [0.1, 0.15) is 9.79 Å². The van der Waals surface area contributed by atoms with E-state index in [0.717, 1.165) is 25.7 Å². The Labute approximate surface area is 181 Å². The molecule has 3 atom stereocenters. The molecular formula is C18H27N7O4S2. The third-order valence-electron chi connectivity index (χ3n) is 6.06. The molecule has 2 aliphatic rings. The summed E-state index contributed by atoms with van der Waals surface area (Å²) >= 11 is 0. The van der Waals surface area contributed by atoms with Crippen molar-refractivity contribution in [2.24, 2.45) is 11.1 Å². The Bertz CT molecular complexity index is 1140. The van der Waals surface area contributed by atoms with Crippen LogP contribution in [-0.4, -0.2) is 56.6 Å². The van der Waals surface area contributed by atoms with E-state index in [2.05, 4.69) is 37.6 Å². The molecule has 1 saturated heterocycles. The number of aromatic amines is 1. The van der Waals surface area contributed by atoms with E-state index in [0.29, 0.717) is 31.0 Å². The van der Waals surface area contributed by atoms with Crippen molar-refractivity contribution in [2.45, 2.75) is 60.8 Å². The standard InChI is InChI=1S/C18H27N7O4S2/c1-11-3-2-4-12(9-11)14-5-6-15(31(28,29)23-13-7-8-20-10-13)17(30(19,26)27)16(14)18-21-24-25-22-18/h5-6,11-13,20,23H,2-4,7-10H2,1H3,(H2,19,26,27)(H,21,22,24,25)/t11?,12-,13-/m1/s1. The van der Waals surface area contributed by atoms with Crippen LogP contribution in [-0.2, 0) is 20.0 Å². The highest BCUT2D eigenvalue weighted by atomic mass is 32.2. The summed E-state index contributed by atoms with van der Waals surface area (Å²) in [4.78, 5) is -0.877. The van der Waals surface area contributed by atoms with E-state index < -0.39 is 29.8 Å². The van der Waals surface area contributed by atoms with Gasteiger partial charge in [-0.3, -0.25) is 0 Å². The Morgan fingerprint density at radius 2 is 1.97 bits per heavy atom. The van der Waals surface area contributed by atoms with Crippen molar-refractivity contribution < 1.29 is 16.8 Å². The van der Waals surface area contributed by atoms with Crippen LogP contribution in [0.2, 0.25) is 0 Å². The molecule has 170 valence electrons. The number of aromatic nitrogens is 4. The van der Waals surface area contributed by atoms with Gasteiger partial charge in [0.15, 0.2) is 0 Å². The van der Waals surface area contributed by atoms with Gasteiger partial charge in [-0.1, -0.05) is 25.8 Å². The van der Waals surface area contributed by atoms with Crippen molar-refractivity contribution in [1.29, 1.82) is 0 Å². The minimum absolute atomic E-state index is 0.0110. The summed E-state index contributed by atoms with van der Waals surface area (Å²) in [6, 6.07) is 2.68. The Kier molecular flexibility index (Phi) is 6.14. The molecule has 1 aromatic carbocycles. The summed E-state index contributed by atoms with van der Waals surface area (Å²) < 4.78 is 54.5. The number of benzene rings is 1. The zero-order chi connectivity index (χ0) is 22.2. The van der Waals surface area contributed by atoms with Gasteiger partial charge in [0, 0.05) is 18.2 Å². The molecule has 4 rings (SSSR count). The van der Waals surface area contributed by atoms with Crippen molar-refractivity contribution in [2.75, 3.05) is 13.1 Å². The fraction of sp³-hybridized carbons (Fsp3) is 0.611. The van der Waals surface area contributed by atoms with E-state index in [1.165, 1.54) is 6.07 Å². The third-order valence-corrected chi connectivity index (χ3v) is 8.74. The van der Waals surface area contributed by atoms with Gasteiger partial charge in [0.2, 0.25) is 25.9 Å². The highest BCUT2D eigenvalue weighted by Crippen LogP contribution is 2.43. The molecule has 0 amide bonds. The molecule has 1 aliphatic heterocycles. The monoisotopic (exact) mass is 469 g/mol. The molecule has 1 unspecified atom stereocenters. The largest absolute Gasteiger partial charge is 0.315 e. The van der Waals surface area contributed by atoms with Crippen molar-refractivity contribution in [3.63, 3.8) is 0 Å². The molecule has 5 N–H and O–H groups in total. The first kappa shape index (κ1) is 22.3. The minimum Gasteiger partial charge on any atom is -0.315 e. The van der Waals surface area contributed by atoms with Gasteiger partial charge in [-0.25, -0.2) is 26.7 Å². The lowest BCUT2D eigenvalue weighted by atomic mass is 9.77. The SMILES string of the molecule is CC1CCC[C@@H](c2ccc(S(=O)(=O)N[C@@H]3CCNC3)c(S(N)(=O)=O)c2-c2nn[nH]n2)C1. The number of nitrogens with two attached hydrogens (primary N) is 1. The first-order valence-electron chi connectivity index (χ1n) is 10.3. The van der Waals surface area contributed by atoms with Gasteiger partial charge >= 0.3 is 0 Å². The van der Waals surface area contributed by atoms with Crippen molar-refractivity contribution in [1.82, 2.24) is 30.7 Å². The van der Waals surface area contributed by atoms with Crippen LogP contribution < -0.4 is 15.2 Å². The second-order valence-corrected chi connectivity index (χ2v) is 11.6.